The first-order valence-corrected chi connectivity index (χ1v) is 6.89. The molecular formula is C13H24N2O2. The Balaban J connectivity index is 1.86. The van der Waals surface area contributed by atoms with Crippen molar-refractivity contribution in [1.29, 1.82) is 0 Å². The van der Waals surface area contributed by atoms with Crippen molar-refractivity contribution >= 4 is 5.97 Å². The highest BCUT2D eigenvalue weighted by atomic mass is 16.4. The quantitative estimate of drug-likeness (QED) is 0.810. The fraction of sp³-hybridized carbons (Fsp3) is 0.923. The molecule has 2 fully saturated rings. The minimum absolute atomic E-state index is 0.335. The van der Waals surface area contributed by atoms with Gasteiger partial charge in [-0.15, -0.1) is 0 Å². The van der Waals surface area contributed by atoms with Crippen LogP contribution in [0.3, 0.4) is 0 Å². The third kappa shape index (κ3) is 3.19. The summed E-state index contributed by atoms with van der Waals surface area (Å²) >= 11 is 0. The highest BCUT2D eigenvalue weighted by Gasteiger charge is 2.27. The molecule has 1 saturated heterocycles. The number of carboxylic acid groups (broad SMARTS) is 1. The molecule has 98 valence electrons. The van der Waals surface area contributed by atoms with Gasteiger partial charge in [0.2, 0.25) is 0 Å². The zero-order valence-corrected chi connectivity index (χ0v) is 10.8. The van der Waals surface area contributed by atoms with Gasteiger partial charge < -0.3 is 5.11 Å². The monoisotopic (exact) mass is 240 g/mol. The van der Waals surface area contributed by atoms with Crippen LogP contribution in [0.25, 0.3) is 0 Å². The summed E-state index contributed by atoms with van der Waals surface area (Å²) in [7, 11) is 0. The third-order valence-corrected chi connectivity index (χ3v) is 4.31. The predicted octanol–water partition coefficient (Wildman–Crippen LogP) is 1.41. The molecule has 1 unspecified atom stereocenters. The summed E-state index contributed by atoms with van der Waals surface area (Å²) in [6, 6.07) is 0.439. The predicted molar refractivity (Wildman–Crippen MR) is 67.1 cm³/mol. The van der Waals surface area contributed by atoms with Crippen LogP contribution >= 0.6 is 0 Å². The van der Waals surface area contributed by atoms with Crippen molar-refractivity contribution in [3.63, 3.8) is 0 Å². The Morgan fingerprint density at radius 2 is 1.82 bits per heavy atom. The van der Waals surface area contributed by atoms with E-state index in [1.807, 2.05) is 0 Å². The summed E-state index contributed by atoms with van der Waals surface area (Å²) in [6.45, 7) is 5.82. The molecule has 1 aliphatic heterocycles. The largest absolute Gasteiger partial charge is 0.480 e. The topological polar surface area (TPSA) is 43.8 Å². The molecule has 17 heavy (non-hydrogen) atoms. The maximum absolute atomic E-state index is 11.0. The second kappa shape index (κ2) is 5.83. The molecule has 1 saturated carbocycles. The van der Waals surface area contributed by atoms with Crippen LogP contribution in [0.5, 0.6) is 0 Å². The molecule has 0 amide bonds. The molecule has 0 radical (unpaired) electrons. The van der Waals surface area contributed by atoms with E-state index in [1.165, 1.54) is 25.7 Å². The molecule has 4 nitrogen and oxygen atoms in total. The van der Waals surface area contributed by atoms with Gasteiger partial charge in [-0.2, -0.15) is 0 Å². The average Bonchev–Trinajstić information content (AvgIpc) is 2.73. The third-order valence-electron chi connectivity index (χ3n) is 4.31. The molecule has 1 N–H and O–H groups in total. The fourth-order valence-electron chi connectivity index (χ4n) is 3.14. The lowest BCUT2D eigenvalue weighted by molar-refractivity contribution is -0.142. The first-order valence-electron chi connectivity index (χ1n) is 6.89. The van der Waals surface area contributed by atoms with Crippen LogP contribution in [0.4, 0.5) is 0 Å². The average molecular weight is 240 g/mol. The highest BCUT2D eigenvalue weighted by molar-refractivity contribution is 5.72. The molecule has 4 heteroatoms. The Kier molecular flexibility index (Phi) is 4.40. The van der Waals surface area contributed by atoms with Crippen molar-refractivity contribution in [2.45, 2.75) is 51.1 Å². The number of rotatable bonds is 3. The van der Waals surface area contributed by atoms with Crippen molar-refractivity contribution < 1.29 is 9.90 Å². The minimum atomic E-state index is -0.695. The second-order valence-corrected chi connectivity index (χ2v) is 5.38. The van der Waals surface area contributed by atoms with E-state index < -0.39 is 5.97 Å². The van der Waals surface area contributed by atoms with Gasteiger partial charge in [0.15, 0.2) is 0 Å². The molecule has 0 aromatic rings. The van der Waals surface area contributed by atoms with E-state index in [2.05, 4.69) is 9.80 Å². The van der Waals surface area contributed by atoms with Crippen LogP contribution in [0.1, 0.15) is 39.0 Å². The van der Waals surface area contributed by atoms with Gasteiger partial charge in [0.1, 0.15) is 6.04 Å². The van der Waals surface area contributed by atoms with Crippen molar-refractivity contribution in [1.82, 2.24) is 9.80 Å². The molecule has 1 heterocycles. The summed E-state index contributed by atoms with van der Waals surface area (Å²) in [5.41, 5.74) is 0. The van der Waals surface area contributed by atoms with Crippen LogP contribution in [-0.2, 0) is 4.79 Å². The Hall–Kier alpha value is -0.610. The van der Waals surface area contributed by atoms with E-state index in [4.69, 9.17) is 5.11 Å². The molecule has 1 atom stereocenters. The molecule has 0 aromatic carbocycles. The maximum atomic E-state index is 11.0. The normalized spacial score (nSPS) is 26.9. The second-order valence-electron chi connectivity index (χ2n) is 5.38. The van der Waals surface area contributed by atoms with Crippen molar-refractivity contribution in [3.05, 3.63) is 0 Å². The standard InChI is InChI=1S/C13H24N2O2/c1-11(13(16)17)14-7-4-8-15(10-9-14)12-5-2-3-6-12/h11-12H,2-10H2,1H3,(H,16,17). The van der Waals surface area contributed by atoms with Crippen LogP contribution < -0.4 is 0 Å². The van der Waals surface area contributed by atoms with Gasteiger partial charge in [0.05, 0.1) is 0 Å². The zero-order chi connectivity index (χ0) is 12.3. The van der Waals surface area contributed by atoms with E-state index in [1.54, 1.807) is 6.92 Å². The van der Waals surface area contributed by atoms with Gasteiger partial charge in [0.25, 0.3) is 0 Å². The summed E-state index contributed by atoms with van der Waals surface area (Å²) in [6.07, 6.45) is 6.53. The lowest BCUT2D eigenvalue weighted by atomic mass is 10.2. The Morgan fingerprint density at radius 1 is 1.12 bits per heavy atom. The zero-order valence-electron chi connectivity index (χ0n) is 10.8. The maximum Gasteiger partial charge on any atom is 0.320 e. The Bertz CT molecular complexity index is 264. The van der Waals surface area contributed by atoms with Crippen molar-refractivity contribution in [2.24, 2.45) is 0 Å². The summed E-state index contributed by atoms with van der Waals surface area (Å²) in [4.78, 5) is 15.7. The van der Waals surface area contributed by atoms with Crippen molar-refractivity contribution in [3.8, 4) is 0 Å². The number of aliphatic carboxylic acids is 1. The number of hydrogen-bond donors (Lipinski definition) is 1. The van der Waals surface area contributed by atoms with Crippen molar-refractivity contribution in [2.75, 3.05) is 26.2 Å². The van der Waals surface area contributed by atoms with Gasteiger partial charge in [-0.25, -0.2) is 0 Å². The molecule has 0 spiro atoms. The summed E-state index contributed by atoms with van der Waals surface area (Å²) < 4.78 is 0. The Morgan fingerprint density at radius 3 is 2.47 bits per heavy atom. The van der Waals surface area contributed by atoms with Crippen LogP contribution in [0, 0.1) is 0 Å². The van der Waals surface area contributed by atoms with Gasteiger partial charge in [-0.1, -0.05) is 12.8 Å². The molecular weight excluding hydrogens is 216 g/mol. The van der Waals surface area contributed by atoms with Gasteiger partial charge >= 0.3 is 5.97 Å². The molecule has 2 rings (SSSR count). The smallest absolute Gasteiger partial charge is 0.320 e. The van der Waals surface area contributed by atoms with Crippen LogP contribution in [0.15, 0.2) is 0 Å². The first-order chi connectivity index (χ1) is 8.18. The minimum Gasteiger partial charge on any atom is -0.480 e. The molecule has 2 aliphatic rings. The SMILES string of the molecule is CC(C(=O)O)N1CCCN(C2CCCC2)CC1. The number of carbonyl (C=O) groups is 1. The molecule has 0 bridgehead atoms. The first kappa shape index (κ1) is 12.8. The van der Waals surface area contributed by atoms with E-state index in [9.17, 15) is 4.79 Å². The summed E-state index contributed by atoms with van der Waals surface area (Å²) in [5, 5.41) is 9.05. The van der Waals surface area contributed by atoms with E-state index in [0.717, 1.165) is 38.6 Å². The van der Waals surface area contributed by atoms with Crippen LogP contribution in [-0.4, -0.2) is 59.1 Å². The molecule has 0 aromatic heterocycles. The number of carboxylic acids is 1. The lowest BCUT2D eigenvalue weighted by Gasteiger charge is -2.28. The van der Waals surface area contributed by atoms with Gasteiger partial charge in [0, 0.05) is 25.7 Å². The summed E-state index contributed by atoms with van der Waals surface area (Å²) in [5.74, 6) is -0.695. The fourth-order valence-corrected chi connectivity index (χ4v) is 3.14. The van der Waals surface area contributed by atoms with Gasteiger partial charge in [-0.3, -0.25) is 14.6 Å². The van der Waals surface area contributed by atoms with E-state index in [-0.39, 0.29) is 6.04 Å². The number of hydrogen-bond acceptors (Lipinski definition) is 3. The van der Waals surface area contributed by atoms with E-state index >= 15 is 0 Å². The van der Waals surface area contributed by atoms with E-state index in [0.29, 0.717) is 0 Å². The Labute approximate surface area is 104 Å². The highest BCUT2D eigenvalue weighted by Crippen LogP contribution is 2.24. The lowest BCUT2D eigenvalue weighted by Crippen LogP contribution is -2.42. The number of nitrogens with zero attached hydrogens (tertiary/aromatic N) is 2. The molecule has 1 aliphatic carbocycles. The van der Waals surface area contributed by atoms with Gasteiger partial charge in [-0.05, 0) is 32.7 Å². The van der Waals surface area contributed by atoms with Crippen LogP contribution in [0.2, 0.25) is 0 Å².